The third-order valence-corrected chi connectivity index (χ3v) is 5.63. The molecule has 1 atom stereocenters. The number of carboxylic acid groups (broad SMARTS) is 1. The molecule has 11 nitrogen and oxygen atoms in total. The maximum Gasteiger partial charge on any atom is 0.326 e. The van der Waals surface area contributed by atoms with Crippen molar-refractivity contribution in [1.29, 1.82) is 5.41 Å². The predicted octanol–water partition coefficient (Wildman–Crippen LogP) is 1.68. The number of anilines is 1. The van der Waals surface area contributed by atoms with Gasteiger partial charge in [0, 0.05) is 41.5 Å². The third-order valence-electron chi connectivity index (χ3n) is 5.63. The zero-order chi connectivity index (χ0) is 26.1. The van der Waals surface area contributed by atoms with Gasteiger partial charge in [-0.05, 0) is 36.6 Å². The fourth-order valence-electron chi connectivity index (χ4n) is 3.81. The van der Waals surface area contributed by atoms with Gasteiger partial charge in [0.1, 0.15) is 11.7 Å². The Bertz CT molecular complexity index is 1240. The van der Waals surface area contributed by atoms with Gasteiger partial charge in [-0.3, -0.25) is 15.0 Å². The number of carbonyl (C=O) groups excluding carboxylic acids is 2. The number of hydrogen-bond acceptors (Lipinski definition) is 5. The number of H-pyrrole nitrogens is 1. The number of aliphatic hydroxyl groups is 1. The lowest BCUT2D eigenvalue weighted by atomic mass is 10.0. The Balaban J connectivity index is 1.57. The Labute approximate surface area is 207 Å². The smallest absolute Gasteiger partial charge is 0.326 e. The molecule has 0 aliphatic heterocycles. The highest BCUT2D eigenvalue weighted by molar-refractivity contribution is 6.02. The number of carbonyl (C=O) groups is 3. The molecule has 1 unspecified atom stereocenters. The molecule has 2 aromatic carbocycles. The van der Waals surface area contributed by atoms with E-state index in [2.05, 4.69) is 20.9 Å². The van der Waals surface area contributed by atoms with Gasteiger partial charge in [-0.2, -0.15) is 0 Å². The standard InChI is InChI=1S/C25H30N6O5/c26-25(27)28-12-4-3-7-21(33)29-16-10-8-15(9-11-16)13-20(24(35)36)31-23(34)22-18(14-32)17-5-1-2-6-19(17)30-22/h1-2,5-6,8-11,20,30,32H,3-4,7,12-14H2,(H,29,33)(H,31,34)(H,35,36)(H4,26,27,28). The summed E-state index contributed by atoms with van der Waals surface area (Å²) < 4.78 is 0. The van der Waals surface area contributed by atoms with Crippen LogP contribution in [0.25, 0.3) is 10.9 Å². The molecule has 3 rings (SSSR count). The summed E-state index contributed by atoms with van der Waals surface area (Å²) in [7, 11) is 0. The quantitative estimate of drug-likeness (QED) is 0.107. The number of aliphatic hydroxyl groups excluding tert-OH is 1. The van der Waals surface area contributed by atoms with Gasteiger partial charge in [0.2, 0.25) is 5.91 Å². The number of carboxylic acids is 1. The Hall–Kier alpha value is -4.38. The van der Waals surface area contributed by atoms with Gasteiger partial charge < -0.3 is 36.9 Å². The van der Waals surface area contributed by atoms with Gasteiger partial charge in [0.05, 0.1) is 6.61 Å². The zero-order valence-electron chi connectivity index (χ0n) is 19.6. The van der Waals surface area contributed by atoms with Crippen molar-refractivity contribution >= 4 is 40.3 Å². The first kappa shape index (κ1) is 26.2. The number of aromatic nitrogens is 1. The molecule has 0 aliphatic rings. The molecule has 2 amide bonds. The fraction of sp³-hybridized carbons (Fsp3) is 0.280. The molecule has 0 bridgehead atoms. The van der Waals surface area contributed by atoms with Crippen molar-refractivity contribution in [1.82, 2.24) is 15.6 Å². The minimum atomic E-state index is -1.19. The van der Waals surface area contributed by atoms with Crippen LogP contribution in [-0.4, -0.2) is 51.5 Å². The first-order chi connectivity index (χ1) is 17.3. The Kier molecular flexibility index (Phi) is 9.01. The van der Waals surface area contributed by atoms with Crippen LogP contribution in [0.4, 0.5) is 5.69 Å². The summed E-state index contributed by atoms with van der Waals surface area (Å²) in [5, 5.41) is 35.2. The maximum absolute atomic E-state index is 12.9. The number of nitrogens with two attached hydrogens (primary N) is 1. The van der Waals surface area contributed by atoms with Crippen LogP contribution in [-0.2, 0) is 22.6 Å². The van der Waals surface area contributed by atoms with Gasteiger partial charge in [-0.1, -0.05) is 30.3 Å². The van der Waals surface area contributed by atoms with Gasteiger partial charge in [-0.25, -0.2) is 4.79 Å². The van der Waals surface area contributed by atoms with E-state index in [1.165, 1.54) is 0 Å². The maximum atomic E-state index is 12.9. The largest absolute Gasteiger partial charge is 0.480 e. The molecule has 3 aromatic rings. The third kappa shape index (κ3) is 7.06. The molecule has 9 N–H and O–H groups in total. The molecule has 36 heavy (non-hydrogen) atoms. The second kappa shape index (κ2) is 12.4. The number of rotatable bonds is 12. The van der Waals surface area contributed by atoms with E-state index >= 15 is 0 Å². The van der Waals surface area contributed by atoms with E-state index in [4.69, 9.17) is 11.1 Å². The number of hydrogen-bond donors (Lipinski definition) is 8. The molecule has 0 saturated heterocycles. The van der Waals surface area contributed by atoms with Crippen LogP contribution in [0, 0.1) is 5.41 Å². The van der Waals surface area contributed by atoms with Crippen molar-refractivity contribution in [2.75, 3.05) is 11.9 Å². The summed E-state index contributed by atoms with van der Waals surface area (Å²) >= 11 is 0. The molecule has 0 aliphatic carbocycles. The van der Waals surface area contributed by atoms with Crippen molar-refractivity contribution in [2.45, 2.75) is 38.3 Å². The number of para-hydroxylation sites is 1. The van der Waals surface area contributed by atoms with Crippen molar-refractivity contribution in [3.63, 3.8) is 0 Å². The highest BCUT2D eigenvalue weighted by atomic mass is 16.4. The zero-order valence-corrected chi connectivity index (χ0v) is 19.6. The predicted molar refractivity (Wildman–Crippen MR) is 136 cm³/mol. The summed E-state index contributed by atoms with van der Waals surface area (Å²) in [6, 6.07) is 12.7. The number of unbranched alkanes of at least 4 members (excludes halogenated alkanes) is 1. The van der Waals surface area contributed by atoms with Crippen LogP contribution >= 0.6 is 0 Å². The molecule has 0 radical (unpaired) electrons. The minimum absolute atomic E-state index is 0.0349. The molecular weight excluding hydrogens is 464 g/mol. The summed E-state index contributed by atoms with van der Waals surface area (Å²) in [6.07, 6.45) is 1.69. The summed E-state index contributed by atoms with van der Waals surface area (Å²) in [5.74, 6) is -2.07. The molecule has 190 valence electrons. The second-order valence-electron chi connectivity index (χ2n) is 8.29. The van der Waals surface area contributed by atoms with Crippen LogP contribution in [0.2, 0.25) is 0 Å². The van der Waals surface area contributed by atoms with E-state index in [1.807, 2.05) is 0 Å². The number of aromatic amines is 1. The number of nitrogens with one attached hydrogen (secondary N) is 5. The van der Waals surface area contributed by atoms with Gasteiger partial charge in [0.25, 0.3) is 5.91 Å². The average Bonchev–Trinajstić information content (AvgIpc) is 3.23. The topological polar surface area (TPSA) is 193 Å². The van der Waals surface area contributed by atoms with Crippen molar-refractivity contribution in [2.24, 2.45) is 5.73 Å². The number of amides is 2. The van der Waals surface area contributed by atoms with Crippen molar-refractivity contribution < 1.29 is 24.6 Å². The lowest BCUT2D eigenvalue weighted by Crippen LogP contribution is -2.42. The number of guanidine groups is 1. The van der Waals surface area contributed by atoms with E-state index in [0.29, 0.717) is 53.5 Å². The van der Waals surface area contributed by atoms with E-state index in [1.54, 1.807) is 48.5 Å². The Morgan fingerprint density at radius 1 is 1.06 bits per heavy atom. The SMILES string of the molecule is N=C(N)NCCCCC(=O)Nc1ccc(CC(NC(=O)c2[nH]c3ccccc3c2CO)C(=O)O)cc1. The molecule has 11 heteroatoms. The van der Waals surface area contributed by atoms with Gasteiger partial charge in [-0.15, -0.1) is 0 Å². The monoisotopic (exact) mass is 494 g/mol. The van der Waals surface area contributed by atoms with Crippen molar-refractivity contribution in [3.8, 4) is 0 Å². The molecule has 1 heterocycles. The molecule has 0 fully saturated rings. The van der Waals surface area contributed by atoms with Crippen LogP contribution in [0.1, 0.15) is 40.9 Å². The van der Waals surface area contributed by atoms with Gasteiger partial charge >= 0.3 is 5.97 Å². The first-order valence-corrected chi connectivity index (χ1v) is 11.5. The molecular formula is C25H30N6O5. The van der Waals surface area contributed by atoms with Crippen LogP contribution < -0.4 is 21.7 Å². The van der Waals surface area contributed by atoms with Crippen LogP contribution in [0.3, 0.4) is 0 Å². The normalized spacial score (nSPS) is 11.6. The molecule has 0 spiro atoms. The summed E-state index contributed by atoms with van der Waals surface area (Å²) in [5.41, 5.74) is 7.64. The lowest BCUT2D eigenvalue weighted by Gasteiger charge is -2.15. The Morgan fingerprint density at radius 2 is 1.78 bits per heavy atom. The van der Waals surface area contributed by atoms with Gasteiger partial charge in [0.15, 0.2) is 5.96 Å². The van der Waals surface area contributed by atoms with E-state index in [9.17, 15) is 24.6 Å². The fourth-order valence-corrected chi connectivity index (χ4v) is 3.81. The molecule has 1 aromatic heterocycles. The van der Waals surface area contributed by atoms with E-state index in [0.717, 1.165) is 0 Å². The van der Waals surface area contributed by atoms with E-state index in [-0.39, 0.29) is 30.6 Å². The average molecular weight is 495 g/mol. The van der Waals surface area contributed by atoms with Crippen molar-refractivity contribution in [3.05, 3.63) is 65.4 Å². The highest BCUT2D eigenvalue weighted by Crippen LogP contribution is 2.22. The number of benzene rings is 2. The van der Waals surface area contributed by atoms with E-state index < -0.39 is 17.9 Å². The second-order valence-corrected chi connectivity index (χ2v) is 8.29. The summed E-state index contributed by atoms with van der Waals surface area (Å²) in [4.78, 5) is 39.7. The minimum Gasteiger partial charge on any atom is -0.480 e. The number of aliphatic carboxylic acids is 1. The lowest BCUT2D eigenvalue weighted by molar-refractivity contribution is -0.139. The first-order valence-electron chi connectivity index (χ1n) is 11.5. The number of fused-ring (bicyclic) bond motifs is 1. The highest BCUT2D eigenvalue weighted by Gasteiger charge is 2.24. The Morgan fingerprint density at radius 3 is 2.44 bits per heavy atom. The summed E-state index contributed by atoms with van der Waals surface area (Å²) in [6.45, 7) is 0.160. The van der Waals surface area contributed by atoms with Crippen LogP contribution in [0.5, 0.6) is 0 Å². The van der Waals surface area contributed by atoms with Crippen LogP contribution in [0.15, 0.2) is 48.5 Å². The molecule has 0 saturated carbocycles.